The zero-order valence-corrected chi connectivity index (χ0v) is 18.1. The van der Waals surface area contributed by atoms with Crippen molar-refractivity contribution in [2.45, 2.75) is 50.3 Å². The molecule has 1 heterocycles. The van der Waals surface area contributed by atoms with Crippen LogP contribution >= 0.6 is 0 Å². The van der Waals surface area contributed by atoms with Gasteiger partial charge in [0.2, 0.25) is 5.91 Å². The maximum atomic E-state index is 12.0. The van der Waals surface area contributed by atoms with Gasteiger partial charge in [0.15, 0.2) is 0 Å². The summed E-state index contributed by atoms with van der Waals surface area (Å²) in [4.78, 5) is 16.1. The van der Waals surface area contributed by atoms with E-state index < -0.39 is 0 Å². The molecule has 1 amide bonds. The Balaban J connectivity index is 1.55. The van der Waals surface area contributed by atoms with Crippen molar-refractivity contribution in [1.82, 2.24) is 9.80 Å². The van der Waals surface area contributed by atoms with E-state index in [4.69, 9.17) is 10.5 Å². The third-order valence-corrected chi connectivity index (χ3v) is 6.42. The molecule has 3 atom stereocenters. The number of fused-ring (bicyclic) bond motifs is 1. The van der Waals surface area contributed by atoms with Crippen LogP contribution in [-0.4, -0.2) is 55.0 Å². The molecule has 5 nitrogen and oxygen atoms in total. The van der Waals surface area contributed by atoms with Crippen LogP contribution in [0.25, 0.3) is 0 Å². The van der Waals surface area contributed by atoms with Crippen molar-refractivity contribution in [3.8, 4) is 5.75 Å². The highest BCUT2D eigenvalue weighted by Crippen LogP contribution is 2.37. The van der Waals surface area contributed by atoms with Crippen molar-refractivity contribution in [1.29, 1.82) is 0 Å². The minimum atomic E-state index is -0.00509. The Morgan fingerprint density at radius 2 is 1.90 bits per heavy atom. The number of nitrogens with two attached hydrogens (primary N) is 1. The second-order valence-electron chi connectivity index (χ2n) is 8.85. The van der Waals surface area contributed by atoms with E-state index in [0.29, 0.717) is 12.5 Å². The predicted molar refractivity (Wildman–Crippen MR) is 120 cm³/mol. The van der Waals surface area contributed by atoms with Gasteiger partial charge in [-0.3, -0.25) is 9.69 Å². The van der Waals surface area contributed by atoms with Crippen molar-refractivity contribution < 1.29 is 9.53 Å². The molecular weight excluding hydrogens is 374 g/mol. The molecule has 1 aliphatic carbocycles. The molecule has 5 heteroatoms. The summed E-state index contributed by atoms with van der Waals surface area (Å²) in [6, 6.07) is 17.2. The molecule has 0 unspecified atom stereocenters. The van der Waals surface area contributed by atoms with Gasteiger partial charge in [0.1, 0.15) is 11.9 Å². The van der Waals surface area contributed by atoms with Crippen LogP contribution in [0, 0.1) is 0 Å². The predicted octanol–water partition coefficient (Wildman–Crippen LogP) is 3.18. The first-order valence-corrected chi connectivity index (χ1v) is 11.0. The van der Waals surface area contributed by atoms with Gasteiger partial charge in [-0.2, -0.15) is 0 Å². The van der Waals surface area contributed by atoms with Crippen LogP contribution in [0.15, 0.2) is 48.5 Å². The lowest BCUT2D eigenvalue weighted by molar-refractivity contribution is -0.127. The Labute approximate surface area is 179 Å². The van der Waals surface area contributed by atoms with Crippen LogP contribution in [0.3, 0.4) is 0 Å². The van der Waals surface area contributed by atoms with E-state index in [-0.39, 0.29) is 18.1 Å². The number of likely N-dealkylation sites (tertiary alicyclic amines) is 1. The molecule has 1 saturated heterocycles. The first-order valence-electron chi connectivity index (χ1n) is 11.0. The lowest BCUT2D eigenvalue weighted by Gasteiger charge is -2.43. The van der Waals surface area contributed by atoms with Crippen LogP contribution in [0.1, 0.15) is 42.1 Å². The second kappa shape index (κ2) is 9.19. The van der Waals surface area contributed by atoms with Crippen LogP contribution in [0.5, 0.6) is 5.75 Å². The number of ether oxygens (including phenoxy) is 1. The highest BCUT2D eigenvalue weighted by Gasteiger charge is 2.36. The number of likely N-dealkylation sites (N-methyl/N-ethyl adjacent to an activating group) is 1. The van der Waals surface area contributed by atoms with Crippen molar-refractivity contribution in [2.24, 2.45) is 5.73 Å². The van der Waals surface area contributed by atoms with Crippen LogP contribution in [0.2, 0.25) is 0 Å². The molecule has 0 saturated carbocycles. The zero-order chi connectivity index (χ0) is 21.1. The molecular formula is C25H33N3O2. The van der Waals surface area contributed by atoms with Gasteiger partial charge >= 0.3 is 0 Å². The number of aryl methyl sites for hydroxylation is 1. The Morgan fingerprint density at radius 1 is 1.13 bits per heavy atom. The maximum Gasteiger partial charge on any atom is 0.226 e. The lowest BCUT2D eigenvalue weighted by atomic mass is 9.84. The maximum absolute atomic E-state index is 12.0. The molecule has 1 fully saturated rings. The molecule has 0 bridgehead atoms. The smallest absolute Gasteiger partial charge is 0.226 e. The Bertz CT molecular complexity index is 865. The number of carbonyl (C=O) groups excluding carboxylic acids is 1. The molecule has 2 aromatic carbocycles. The van der Waals surface area contributed by atoms with E-state index in [9.17, 15) is 4.79 Å². The molecule has 1 aliphatic heterocycles. The normalized spacial score (nSPS) is 24.2. The SMILES string of the molecule is CN(C)C(=O)Cc1ccc(O[C@H]2c3ccccc3CC[C@@H]2N2CCC[C@@H](N)C2)cc1. The number of hydrogen-bond donors (Lipinski definition) is 1. The fourth-order valence-corrected chi connectivity index (χ4v) is 4.72. The number of benzene rings is 2. The van der Waals surface area contributed by atoms with Gasteiger partial charge in [-0.1, -0.05) is 36.4 Å². The first-order chi connectivity index (χ1) is 14.5. The fraction of sp³-hybridized carbons (Fsp3) is 0.480. The van der Waals surface area contributed by atoms with Gasteiger partial charge in [0, 0.05) is 26.7 Å². The lowest BCUT2D eigenvalue weighted by Crippen LogP contribution is -2.51. The highest BCUT2D eigenvalue weighted by atomic mass is 16.5. The molecule has 160 valence electrons. The Hall–Kier alpha value is -2.37. The monoisotopic (exact) mass is 407 g/mol. The van der Waals surface area contributed by atoms with Gasteiger partial charge in [0.05, 0.1) is 12.5 Å². The molecule has 30 heavy (non-hydrogen) atoms. The van der Waals surface area contributed by atoms with Crippen LogP contribution in [-0.2, 0) is 17.6 Å². The summed E-state index contributed by atoms with van der Waals surface area (Å²) in [6.45, 7) is 2.03. The van der Waals surface area contributed by atoms with E-state index in [0.717, 1.165) is 50.1 Å². The standard InChI is InChI=1S/C25H33N3O2/c1-27(2)24(29)16-18-9-12-21(13-10-18)30-25-22-8-4-3-6-19(22)11-14-23(25)28-15-5-7-20(26)17-28/h3-4,6,8-10,12-13,20,23,25H,5,7,11,14-17,26H2,1-2H3/t20-,23+,25+/m1/s1. The molecule has 0 radical (unpaired) electrons. The van der Waals surface area contributed by atoms with E-state index in [1.807, 2.05) is 24.3 Å². The van der Waals surface area contributed by atoms with E-state index in [1.165, 1.54) is 11.1 Å². The van der Waals surface area contributed by atoms with E-state index in [2.05, 4.69) is 29.2 Å². The summed E-state index contributed by atoms with van der Waals surface area (Å²) in [5.41, 5.74) is 9.97. The average molecular weight is 408 g/mol. The summed E-state index contributed by atoms with van der Waals surface area (Å²) in [5, 5.41) is 0. The zero-order valence-electron chi connectivity index (χ0n) is 18.1. The Kier molecular flexibility index (Phi) is 6.40. The van der Waals surface area contributed by atoms with Crippen molar-refractivity contribution in [3.05, 3.63) is 65.2 Å². The van der Waals surface area contributed by atoms with Crippen molar-refractivity contribution in [2.75, 3.05) is 27.2 Å². The van der Waals surface area contributed by atoms with Gasteiger partial charge in [0.25, 0.3) is 0 Å². The molecule has 4 rings (SSSR count). The number of piperidine rings is 1. The van der Waals surface area contributed by atoms with E-state index >= 15 is 0 Å². The minimum Gasteiger partial charge on any atom is -0.484 e. The van der Waals surface area contributed by atoms with Gasteiger partial charge < -0.3 is 15.4 Å². The third-order valence-electron chi connectivity index (χ3n) is 6.42. The largest absolute Gasteiger partial charge is 0.484 e. The fourth-order valence-electron chi connectivity index (χ4n) is 4.72. The quantitative estimate of drug-likeness (QED) is 0.827. The van der Waals surface area contributed by atoms with Gasteiger partial charge in [-0.25, -0.2) is 0 Å². The van der Waals surface area contributed by atoms with Crippen LogP contribution in [0.4, 0.5) is 0 Å². The molecule has 2 N–H and O–H groups in total. The van der Waals surface area contributed by atoms with Gasteiger partial charge in [-0.05, 0) is 61.1 Å². The van der Waals surface area contributed by atoms with Gasteiger partial charge in [-0.15, -0.1) is 0 Å². The van der Waals surface area contributed by atoms with Crippen LogP contribution < -0.4 is 10.5 Å². The molecule has 0 aromatic heterocycles. The topological polar surface area (TPSA) is 58.8 Å². The van der Waals surface area contributed by atoms with Crippen molar-refractivity contribution >= 4 is 5.91 Å². The number of nitrogens with zero attached hydrogens (tertiary/aromatic N) is 2. The summed E-state index contributed by atoms with van der Waals surface area (Å²) in [7, 11) is 3.57. The second-order valence-corrected chi connectivity index (χ2v) is 8.85. The number of carbonyl (C=O) groups is 1. The Morgan fingerprint density at radius 3 is 2.63 bits per heavy atom. The summed E-state index contributed by atoms with van der Waals surface area (Å²) >= 11 is 0. The summed E-state index contributed by atoms with van der Waals surface area (Å²) in [6.07, 6.45) is 4.84. The number of rotatable bonds is 5. The van der Waals surface area contributed by atoms with Crippen molar-refractivity contribution in [3.63, 3.8) is 0 Å². The third kappa shape index (κ3) is 4.68. The number of hydrogen-bond acceptors (Lipinski definition) is 4. The summed E-state index contributed by atoms with van der Waals surface area (Å²) in [5.74, 6) is 0.954. The minimum absolute atomic E-state index is 0.00509. The number of amides is 1. The summed E-state index contributed by atoms with van der Waals surface area (Å²) < 4.78 is 6.61. The first kappa shape index (κ1) is 20.9. The molecule has 2 aliphatic rings. The average Bonchev–Trinajstić information content (AvgIpc) is 2.75. The van der Waals surface area contributed by atoms with E-state index in [1.54, 1.807) is 19.0 Å². The highest BCUT2D eigenvalue weighted by molar-refractivity contribution is 5.78. The molecule has 0 spiro atoms. The molecule has 2 aromatic rings.